The van der Waals surface area contributed by atoms with Crippen LogP contribution in [0.5, 0.6) is 0 Å². The van der Waals surface area contributed by atoms with Crippen molar-refractivity contribution in [2.75, 3.05) is 12.3 Å². The Balaban J connectivity index is 1.58. The summed E-state index contributed by atoms with van der Waals surface area (Å²) in [6.45, 7) is 4.82. The Kier molecular flexibility index (Phi) is 8.26. The summed E-state index contributed by atoms with van der Waals surface area (Å²) in [5.41, 5.74) is 3.90. The van der Waals surface area contributed by atoms with Gasteiger partial charge in [0, 0.05) is 23.8 Å². The maximum absolute atomic E-state index is 12.1. The van der Waals surface area contributed by atoms with Gasteiger partial charge in [-0.25, -0.2) is 0 Å². The lowest BCUT2D eigenvalue weighted by Gasteiger charge is -2.12. The maximum Gasteiger partial charge on any atom is 0.232 e. The maximum atomic E-state index is 12.1. The molecule has 0 fully saturated rings. The van der Waals surface area contributed by atoms with Gasteiger partial charge >= 0.3 is 0 Å². The molecule has 1 atom stereocenters. The average Bonchev–Trinajstić information content (AvgIpc) is 2.60. The Hall–Kier alpha value is -1.39. The lowest BCUT2D eigenvalue weighted by Crippen LogP contribution is -2.32. The van der Waals surface area contributed by atoms with Crippen LogP contribution in [-0.4, -0.2) is 23.5 Å². The first-order chi connectivity index (χ1) is 11.6. The zero-order valence-electron chi connectivity index (χ0n) is 14.3. The highest BCUT2D eigenvalue weighted by molar-refractivity contribution is 7.99. The van der Waals surface area contributed by atoms with Gasteiger partial charge in [-0.2, -0.15) is 11.8 Å². The van der Waals surface area contributed by atoms with Crippen molar-refractivity contribution in [3.8, 4) is 0 Å². The number of amides is 1. The van der Waals surface area contributed by atoms with Gasteiger partial charge in [-0.05, 0) is 25.0 Å². The van der Waals surface area contributed by atoms with Gasteiger partial charge in [0.25, 0.3) is 0 Å². The smallest absolute Gasteiger partial charge is 0.232 e. The minimum Gasteiger partial charge on any atom is -0.354 e. The molecule has 1 amide bonds. The number of aryl methyl sites for hydroxylation is 1. The Morgan fingerprint density at radius 2 is 1.79 bits per heavy atom. The second-order valence-electron chi connectivity index (χ2n) is 5.77. The molecular weight excluding hydrogens is 334 g/mol. The monoisotopic (exact) mass is 359 g/mol. The summed E-state index contributed by atoms with van der Waals surface area (Å²) in [5.74, 6) is 2.94. The molecule has 0 aliphatic rings. The van der Waals surface area contributed by atoms with Crippen molar-refractivity contribution < 1.29 is 4.79 Å². The molecule has 0 saturated heterocycles. The lowest BCUT2D eigenvalue weighted by molar-refractivity contribution is -0.120. The SMILES string of the molecule is Cc1cccc(CSCCNC(=O)C(C)SCc2ccccc2)c1. The zero-order chi connectivity index (χ0) is 17.2. The summed E-state index contributed by atoms with van der Waals surface area (Å²) in [6.07, 6.45) is 0. The molecule has 0 aliphatic heterocycles. The summed E-state index contributed by atoms with van der Waals surface area (Å²) in [5, 5.41) is 3.01. The van der Waals surface area contributed by atoms with E-state index >= 15 is 0 Å². The van der Waals surface area contributed by atoms with Crippen LogP contribution < -0.4 is 5.32 Å². The van der Waals surface area contributed by atoms with Gasteiger partial charge < -0.3 is 5.32 Å². The number of carbonyl (C=O) groups excluding carboxylic acids is 1. The van der Waals surface area contributed by atoms with E-state index in [2.05, 4.69) is 48.6 Å². The van der Waals surface area contributed by atoms with E-state index in [0.29, 0.717) is 0 Å². The fourth-order valence-electron chi connectivity index (χ4n) is 2.25. The van der Waals surface area contributed by atoms with Gasteiger partial charge in [0.1, 0.15) is 0 Å². The van der Waals surface area contributed by atoms with Crippen LogP contribution in [0.25, 0.3) is 0 Å². The van der Waals surface area contributed by atoms with Gasteiger partial charge in [-0.15, -0.1) is 11.8 Å². The van der Waals surface area contributed by atoms with Gasteiger partial charge in [-0.3, -0.25) is 4.79 Å². The van der Waals surface area contributed by atoms with Crippen LogP contribution in [0.15, 0.2) is 54.6 Å². The fourth-order valence-corrected chi connectivity index (χ4v) is 3.93. The van der Waals surface area contributed by atoms with Crippen LogP contribution >= 0.6 is 23.5 Å². The lowest BCUT2D eigenvalue weighted by atomic mass is 10.2. The van der Waals surface area contributed by atoms with Gasteiger partial charge in [0.2, 0.25) is 5.91 Å². The molecule has 0 saturated carbocycles. The first-order valence-corrected chi connectivity index (χ1v) is 10.4. The van der Waals surface area contributed by atoms with Gasteiger partial charge in [-0.1, -0.05) is 60.2 Å². The van der Waals surface area contributed by atoms with Crippen LogP contribution in [0.2, 0.25) is 0 Å². The molecule has 0 spiro atoms. The number of nitrogens with one attached hydrogen (secondary N) is 1. The number of benzene rings is 2. The topological polar surface area (TPSA) is 29.1 Å². The van der Waals surface area contributed by atoms with E-state index in [0.717, 1.165) is 23.8 Å². The van der Waals surface area contributed by atoms with Crippen molar-refractivity contribution in [3.63, 3.8) is 0 Å². The molecule has 1 N–H and O–H groups in total. The van der Waals surface area contributed by atoms with Crippen LogP contribution in [0.3, 0.4) is 0 Å². The predicted molar refractivity (Wildman–Crippen MR) is 108 cm³/mol. The second kappa shape index (κ2) is 10.5. The van der Waals surface area contributed by atoms with Crippen LogP contribution in [0, 0.1) is 6.92 Å². The molecule has 2 nitrogen and oxygen atoms in total. The minimum absolute atomic E-state index is 0.0213. The fraction of sp³-hybridized carbons (Fsp3) is 0.350. The van der Waals surface area contributed by atoms with Crippen LogP contribution in [0.1, 0.15) is 23.6 Å². The van der Waals surface area contributed by atoms with Crippen molar-refractivity contribution in [3.05, 3.63) is 71.3 Å². The number of hydrogen-bond acceptors (Lipinski definition) is 3. The normalized spacial score (nSPS) is 11.9. The molecule has 4 heteroatoms. The number of hydrogen-bond donors (Lipinski definition) is 1. The van der Waals surface area contributed by atoms with Crippen LogP contribution in [0.4, 0.5) is 0 Å². The minimum atomic E-state index is -0.0213. The molecule has 24 heavy (non-hydrogen) atoms. The molecular formula is C20H25NOS2. The standard InChI is InChI=1S/C20H25NOS2/c1-16-7-6-10-19(13-16)14-23-12-11-21-20(22)17(2)24-15-18-8-4-3-5-9-18/h3-10,13,17H,11-12,14-15H2,1-2H3,(H,21,22). The molecule has 2 rings (SSSR count). The van der Waals surface area contributed by atoms with Crippen molar-refractivity contribution in [1.82, 2.24) is 5.32 Å². The largest absolute Gasteiger partial charge is 0.354 e. The summed E-state index contributed by atoms with van der Waals surface area (Å²) in [4.78, 5) is 12.1. The first-order valence-electron chi connectivity index (χ1n) is 8.21. The first kappa shape index (κ1) is 18.9. The number of thioether (sulfide) groups is 2. The molecule has 0 bridgehead atoms. The Morgan fingerprint density at radius 3 is 2.54 bits per heavy atom. The van der Waals surface area contributed by atoms with Crippen LogP contribution in [-0.2, 0) is 16.3 Å². The second-order valence-corrected chi connectivity index (χ2v) is 8.21. The predicted octanol–water partition coefficient (Wildman–Crippen LogP) is 4.67. The quantitative estimate of drug-likeness (QED) is 0.660. The number of rotatable bonds is 9. The van der Waals surface area contributed by atoms with E-state index in [4.69, 9.17) is 0 Å². The summed E-state index contributed by atoms with van der Waals surface area (Å²) in [7, 11) is 0. The highest BCUT2D eigenvalue weighted by Gasteiger charge is 2.12. The van der Waals surface area contributed by atoms with Crippen molar-refractivity contribution in [1.29, 1.82) is 0 Å². The van der Waals surface area contributed by atoms with Crippen molar-refractivity contribution in [2.45, 2.75) is 30.6 Å². The Bertz CT molecular complexity index is 631. The van der Waals surface area contributed by atoms with E-state index < -0.39 is 0 Å². The van der Waals surface area contributed by atoms with Crippen molar-refractivity contribution in [2.24, 2.45) is 0 Å². The van der Waals surface area contributed by atoms with Crippen molar-refractivity contribution >= 4 is 29.4 Å². The molecule has 2 aromatic rings. The number of carbonyl (C=O) groups is 1. The molecule has 128 valence electrons. The molecule has 0 heterocycles. The van der Waals surface area contributed by atoms with E-state index in [-0.39, 0.29) is 11.2 Å². The summed E-state index contributed by atoms with van der Waals surface area (Å²) < 4.78 is 0. The molecule has 2 aromatic carbocycles. The molecule has 0 aliphatic carbocycles. The van der Waals surface area contributed by atoms with E-state index in [1.54, 1.807) is 11.8 Å². The third-order valence-corrected chi connectivity index (χ3v) is 5.85. The zero-order valence-corrected chi connectivity index (χ0v) is 16.0. The summed E-state index contributed by atoms with van der Waals surface area (Å²) >= 11 is 3.54. The molecule has 0 radical (unpaired) electrons. The third kappa shape index (κ3) is 7.02. The Morgan fingerprint density at radius 1 is 1.04 bits per heavy atom. The molecule has 0 aromatic heterocycles. The Labute approximate surface area is 153 Å². The van der Waals surface area contributed by atoms with E-state index in [9.17, 15) is 4.79 Å². The van der Waals surface area contributed by atoms with Gasteiger partial charge in [0.15, 0.2) is 0 Å². The highest BCUT2D eigenvalue weighted by atomic mass is 32.2. The highest BCUT2D eigenvalue weighted by Crippen LogP contribution is 2.17. The van der Waals surface area contributed by atoms with E-state index in [1.165, 1.54) is 16.7 Å². The average molecular weight is 360 g/mol. The third-order valence-electron chi connectivity index (χ3n) is 3.61. The molecule has 1 unspecified atom stereocenters. The van der Waals surface area contributed by atoms with Gasteiger partial charge in [0.05, 0.1) is 5.25 Å². The van der Waals surface area contributed by atoms with E-state index in [1.807, 2.05) is 36.9 Å². The summed E-state index contributed by atoms with van der Waals surface area (Å²) in [6, 6.07) is 18.9.